The van der Waals surface area contributed by atoms with Crippen molar-refractivity contribution in [1.82, 2.24) is 10.4 Å². The number of rotatable bonds is 4. The molecule has 0 amide bonds. The molecule has 2 aliphatic rings. The van der Waals surface area contributed by atoms with Gasteiger partial charge in [0.05, 0.1) is 11.7 Å². The summed E-state index contributed by atoms with van der Waals surface area (Å²) in [5.74, 6) is 2.18. The van der Waals surface area contributed by atoms with Gasteiger partial charge in [0.15, 0.2) is 0 Å². The van der Waals surface area contributed by atoms with Crippen LogP contribution in [-0.4, -0.2) is 23.1 Å². The molecule has 0 radical (unpaired) electrons. The van der Waals surface area contributed by atoms with E-state index in [4.69, 9.17) is 0 Å². The molecule has 2 nitrogen and oxygen atoms in total. The second-order valence-corrected chi connectivity index (χ2v) is 8.56. The van der Waals surface area contributed by atoms with E-state index >= 15 is 0 Å². The second-order valence-electron chi connectivity index (χ2n) is 7.57. The zero-order chi connectivity index (χ0) is 18.8. The lowest BCUT2D eigenvalue weighted by atomic mass is 9.96. The summed E-state index contributed by atoms with van der Waals surface area (Å²) < 4.78 is 0. The van der Waals surface area contributed by atoms with Crippen LogP contribution in [-0.2, 0) is 0 Å². The van der Waals surface area contributed by atoms with Gasteiger partial charge in [-0.3, -0.25) is 0 Å². The first kappa shape index (κ1) is 18.4. The number of thioether (sulfide) groups is 1. The van der Waals surface area contributed by atoms with Gasteiger partial charge in [0, 0.05) is 18.1 Å². The minimum atomic E-state index is 0.293. The van der Waals surface area contributed by atoms with Crippen molar-refractivity contribution in [2.24, 2.45) is 0 Å². The Kier molecular flexibility index (Phi) is 5.42. The molecular weight excluding hydrogens is 348 g/mol. The zero-order valence-corrected chi connectivity index (χ0v) is 17.3. The fourth-order valence-electron chi connectivity index (χ4n) is 3.89. The fraction of sp³-hybridized carbons (Fsp3) is 0.333. The second kappa shape index (κ2) is 7.95. The molecule has 1 unspecified atom stereocenters. The van der Waals surface area contributed by atoms with Crippen molar-refractivity contribution in [3.63, 3.8) is 0 Å². The Morgan fingerprint density at radius 2 is 1.67 bits per heavy atom. The molecule has 140 valence electrons. The smallest absolute Gasteiger partial charge is 0.0753 e. The van der Waals surface area contributed by atoms with Gasteiger partial charge in [0.25, 0.3) is 0 Å². The largest absolute Gasteiger partial charge is 0.307 e. The Morgan fingerprint density at radius 1 is 1.00 bits per heavy atom. The predicted molar refractivity (Wildman–Crippen MR) is 118 cm³/mol. The molecule has 3 heteroatoms. The highest BCUT2D eigenvalue weighted by atomic mass is 32.2. The monoisotopic (exact) mass is 376 g/mol. The van der Waals surface area contributed by atoms with E-state index in [1.807, 2.05) is 11.8 Å². The zero-order valence-electron chi connectivity index (χ0n) is 16.5. The number of benzene rings is 2. The molecule has 0 fully saturated rings. The molecule has 0 saturated heterocycles. The average Bonchev–Trinajstić information content (AvgIpc) is 3.04. The summed E-state index contributed by atoms with van der Waals surface area (Å²) in [6.07, 6.45) is 3.51. The number of allylic oxidation sites excluding steroid dienone is 1. The highest BCUT2D eigenvalue weighted by molar-refractivity contribution is 7.99. The van der Waals surface area contributed by atoms with Gasteiger partial charge in [-0.05, 0) is 48.6 Å². The molecule has 2 aromatic rings. The van der Waals surface area contributed by atoms with Gasteiger partial charge < -0.3 is 5.01 Å². The summed E-state index contributed by atoms with van der Waals surface area (Å²) in [6.45, 7) is 7.59. The molecule has 2 aliphatic heterocycles. The number of nitrogens with zero attached hydrogens (tertiary/aromatic N) is 1. The molecular formula is C24H28N2S. The summed E-state index contributed by atoms with van der Waals surface area (Å²) >= 11 is 2.03. The summed E-state index contributed by atoms with van der Waals surface area (Å²) in [4.78, 5) is 0. The van der Waals surface area contributed by atoms with Crippen LogP contribution >= 0.6 is 11.8 Å². The normalized spacial score (nSPS) is 21.1. The molecule has 27 heavy (non-hydrogen) atoms. The maximum Gasteiger partial charge on any atom is 0.0753 e. The summed E-state index contributed by atoms with van der Waals surface area (Å²) in [5.41, 5.74) is 13.5. The van der Waals surface area contributed by atoms with Crippen LogP contribution in [0.3, 0.4) is 0 Å². The quantitative estimate of drug-likeness (QED) is 0.741. The number of aryl methyl sites for hydroxylation is 2. The number of hydrogen-bond acceptors (Lipinski definition) is 3. The van der Waals surface area contributed by atoms with Gasteiger partial charge in [0.2, 0.25) is 0 Å². The average molecular weight is 377 g/mol. The van der Waals surface area contributed by atoms with Crippen LogP contribution in [0.4, 0.5) is 0 Å². The molecule has 0 spiro atoms. The van der Waals surface area contributed by atoms with Gasteiger partial charge in [-0.2, -0.15) is 11.8 Å². The molecule has 2 aromatic carbocycles. The molecule has 0 aliphatic carbocycles. The van der Waals surface area contributed by atoms with E-state index in [1.165, 1.54) is 39.1 Å². The number of hydrazine groups is 1. The standard InChI is InChI=1S/C24H28N2S/c1-4-13-26-24-21(14-19-9-5-17(2)6-10-19)15-27-16-22(24)23(25-26)20-11-7-18(3)8-12-20/h5-12,14,23,25H,4,13,15-16H2,1-3H3/b21-14-. The molecule has 1 atom stereocenters. The van der Waals surface area contributed by atoms with Crippen molar-refractivity contribution in [1.29, 1.82) is 0 Å². The van der Waals surface area contributed by atoms with Crippen LogP contribution in [0.5, 0.6) is 0 Å². The van der Waals surface area contributed by atoms with E-state index in [1.54, 1.807) is 0 Å². The molecule has 0 bridgehead atoms. The van der Waals surface area contributed by atoms with Crippen molar-refractivity contribution >= 4 is 17.8 Å². The van der Waals surface area contributed by atoms with Crippen LogP contribution in [0, 0.1) is 13.8 Å². The van der Waals surface area contributed by atoms with Gasteiger partial charge in [-0.1, -0.05) is 66.6 Å². The van der Waals surface area contributed by atoms with E-state index in [0.717, 1.165) is 24.5 Å². The van der Waals surface area contributed by atoms with Gasteiger partial charge in [-0.25, -0.2) is 5.43 Å². The predicted octanol–water partition coefficient (Wildman–Crippen LogP) is 5.66. The van der Waals surface area contributed by atoms with Crippen LogP contribution in [0.15, 0.2) is 65.4 Å². The number of nitrogens with one attached hydrogen (secondary N) is 1. The third kappa shape index (κ3) is 3.85. The van der Waals surface area contributed by atoms with Crippen molar-refractivity contribution < 1.29 is 0 Å². The maximum absolute atomic E-state index is 3.80. The lowest BCUT2D eigenvalue weighted by Gasteiger charge is -2.26. The lowest BCUT2D eigenvalue weighted by molar-refractivity contribution is 0.259. The molecule has 1 N–H and O–H groups in total. The van der Waals surface area contributed by atoms with E-state index in [-0.39, 0.29) is 0 Å². The van der Waals surface area contributed by atoms with Crippen LogP contribution < -0.4 is 5.43 Å². The first-order valence-corrected chi connectivity index (χ1v) is 11.0. The Labute approximate surface area is 167 Å². The third-order valence-corrected chi connectivity index (χ3v) is 6.33. The highest BCUT2D eigenvalue weighted by Gasteiger charge is 2.35. The Hall–Kier alpha value is -1.97. The first-order chi connectivity index (χ1) is 13.2. The van der Waals surface area contributed by atoms with Gasteiger partial charge in [0.1, 0.15) is 0 Å². The van der Waals surface area contributed by atoms with Crippen LogP contribution in [0.25, 0.3) is 6.08 Å². The topological polar surface area (TPSA) is 15.3 Å². The van der Waals surface area contributed by atoms with Crippen molar-refractivity contribution in [3.8, 4) is 0 Å². The van der Waals surface area contributed by atoms with Crippen molar-refractivity contribution in [2.45, 2.75) is 33.2 Å². The van der Waals surface area contributed by atoms with E-state index in [9.17, 15) is 0 Å². The van der Waals surface area contributed by atoms with E-state index in [2.05, 4.69) is 85.8 Å². The lowest BCUT2D eigenvalue weighted by Crippen LogP contribution is -2.34. The van der Waals surface area contributed by atoms with E-state index in [0.29, 0.717) is 6.04 Å². The summed E-state index contributed by atoms with van der Waals surface area (Å²) in [6, 6.07) is 18.1. The third-order valence-electron chi connectivity index (χ3n) is 5.30. The van der Waals surface area contributed by atoms with Gasteiger partial charge >= 0.3 is 0 Å². The minimum absolute atomic E-state index is 0.293. The molecule has 0 saturated carbocycles. The Balaban J connectivity index is 1.74. The van der Waals surface area contributed by atoms with Gasteiger partial charge in [-0.15, -0.1) is 0 Å². The molecule has 0 aromatic heterocycles. The SMILES string of the molecule is CCCN1NC(c2ccc(C)cc2)C2=C1/C(=C\c1ccc(C)cc1)CSC2. The highest BCUT2D eigenvalue weighted by Crippen LogP contribution is 2.42. The first-order valence-electron chi connectivity index (χ1n) is 9.84. The minimum Gasteiger partial charge on any atom is -0.307 e. The molecule has 4 rings (SSSR count). The molecule has 2 heterocycles. The Bertz CT molecular complexity index is 862. The summed E-state index contributed by atoms with van der Waals surface area (Å²) in [5, 5.41) is 2.40. The van der Waals surface area contributed by atoms with Crippen molar-refractivity contribution in [2.75, 3.05) is 18.1 Å². The maximum atomic E-state index is 3.80. The van der Waals surface area contributed by atoms with Crippen molar-refractivity contribution in [3.05, 3.63) is 87.6 Å². The number of hydrogen-bond donors (Lipinski definition) is 1. The van der Waals surface area contributed by atoms with Crippen LogP contribution in [0.1, 0.15) is 41.6 Å². The van der Waals surface area contributed by atoms with Crippen LogP contribution in [0.2, 0.25) is 0 Å². The summed E-state index contributed by atoms with van der Waals surface area (Å²) in [7, 11) is 0. The fourth-order valence-corrected chi connectivity index (χ4v) is 4.95. The van der Waals surface area contributed by atoms with E-state index < -0.39 is 0 Å². The Morgan fingerprint density at radius 3 is 2.33 bits per heavy atom.